The second-order valence-corrected chi connectivity index (χ2v) is 26.5. The Morgan fingerprint density at radius 3 is 1.99 bits per heavy atom. The van der Waals surface area contributed by atoms with Crippen LogP contribution in [0.3, 0.4) is 0 Å². The van der Waals surface area contributed by atoms with Crippen molar-refractivity contribution in [2.24, 2.45) is 50.2 Å². The number of carbonyl (C=O) groups is 2. The van der Waals surface area contributed by atoms with Crippen LogP contribution in [0.1, 0.15) is 120 Å². The molecule has 446 valence electrons. The van der Waals surface area contributed by atoms with E-state index in [9.17, 15) is 71.2 Å². The molecule has 4 saturated heterocycles. The molecule has 0 spiro atoms. The molecule has 0 aromatic carbocycles. The van der Waals surface area contributed by atoms with Crippen molar-refractivity contribution in [1.82, 2.24) is 0 Å². The van der Waals surface area contributed by atoms with Crippen molar-refractivity contribution in [2.45, 2.75) is 248 Å². The van der Waals surface area contributed by atoms with Gasteiger partial charge in [0, 0.05) is 12.3 Å². The molecule has 5 aliphatic carbocycles. The number of fused-ring (bicyclic) bond motifs is 7. The fourth-order valence-electron chi connectivity index (χ4n) is 16.7. The zero-order valence-electron chi connectivity index (χ0n) is 46.0. The zero-order valence-corrected chi connectivity index (χ0v) is 46.0. The largest absolute Gasteiger partial charge is 0.457 e. The number of hydrogen-bond donors (Lipinski definition) is 13. The molecule has 1 unspecified atom stereocenters. The molecule has 13 N–H and O–H groups in total. The fraction of sp³-hybridized carbons (Fsp3) is 0.927. The number of aliphatic hydroxyl groups is 13. The van der Waals surface area contributed by atoms with Gasteiger partial charge in [-0.05, 0) is 111 Å². The Kier molecular flexibility index (Phi) is 16.9. The predicted octanol–water partition coefficient (Wildman–Crippen LogP) is -1.44. The van der Waals surface area contributed by atoms with Gasteiger partial charge in [-0.3, -0.25) is 9.59 Å². The van der Waals surface area contributed by atoms with Gasteiger partial charge < -0.3 is 104 Å². The average Bonchev–Trinajstić information content (AvgIpc) is 2.43. The minimum Gasteiger partial charge on any atom is -0.457 e. The van der Waals surface area contributed by atoms with Crippen molar-refractivity contribution in [3.63, 3.8) is 0 Å². The Bertz CT molecular complexity index is 2200. The molecular formula is C55H88O23. The summed E-state index contributed by atoms with van der Waals surface area (Å²) in [6.45, 7) is 14.5. The van der Waals surface area contributed by atoms with Crippen LogP contribution in [0.2, 0.25) is 0 Å². The Morgan fingerprint density at radius 2 is 1.32 bits per heavy atom. The molecule has 0 bridgehead atoms. The van der Waals surface area contributed by atoms with Crippen molar-refractivity contribution in [1.29, 1.82) is 0 Å². The lowest BCUT2D eigenvalue weighted by Crippen LogP contribution is -2.68. The van der Waals surface area contributed by atoms with E-state index in [1.165, 1.54) is 6.92 Å². The van der Waals surface area contributed by atoms with Crippen LogP contribution >= 0.6 is 0 Å². The molecule has 0 aromatic rings. The first-order valence-electron chi connectivity index (χ1n) is 28.1. The molecule has 23 nitrogen and oxygen atoms in total. The zero-order chi connectivity index (χ0) is 57.1. The lowest BCUT2D eigenvalue weighted by molar-refractivity contribution is -0.365. The second kappa shape index (κ2) is 21.8. The first kappa shape index (κ1) is 60.5. The topological polar surface area (TPSA) is 371 Å². The van der Waals surface area contributed by atoms with E-state index in [-0.39, 0.29) is 47.2 Å². The van der Waals surface area contributed by atoms with Crippen molar-refractivity contribution in [3.05, 3.63) is 11.6 Å². The first-order valence-corrected chi connectivity index (χ1v) is 28.1. The smallest absolute Gasteiger partial charge is 0.315 e. The summed E-state index contributed by atoms with van der Waals surface area (Å²) < 4.78 is 47.3. The summed E-state index contributed by atoms with van der Waals surface area (Å²) in [6.07, 6.45) is -25.3. The van der Waals surface area contributed by atoms with Crippen molar-refractivity contribution >= 4 is 11.9 Å². The van der Waals surface area contributed by atoms with Crippen LogP contribution in [0.4, 0.5) is 0 Å². The summed E-state index contributed by atoms with van der Waals surface area (Å²) in [5.41, 5.74) is -2.03. The Labute approximate surface area is 454 Å². The number of carbonyl (C=O) groups excluding carboxylic acids is 2. The molecular weight excluding hydrogens is 1030 g/mol. The summed E-state index contributed by atoms with van der Waals surface area (Å²) >= 11 is 0. The highest BCUT2D eigenvalue weighted by molar-refractivity contribution is 5.79. The van der Waals surface area contributed by atoms with Gasteiger partial charge in [0.25, 0.3) is 0 Å². The van der Waals surface area contributed by atoms with Gasteiger partial charge in [0.1, 0.15) is 91.6 Å². The van der Waals surface area contributed by atoms with Gasteiger partial charge in [0.15, 0.2) is 18.7 Å². The van der Waals surface area contributed by atoms with Crippen molar-refractivity contribution in [3.8, 4) is 0 Å². The highest BCUT2D eigenvalue weighted by Gasteiger charge is 2.71. The summed E-state index contributed by atoms with van der Waals surface area (Å²) in [5.74, 6) is -1.84. The molecule has 0 radical (unpaired) electrons. The Hall–Kier alpha value is -2.08. The number of aliphatic hydroxyl groups excluding tert-OH is 13. The van der Waals surface area contributed by atoms with E-state index in [1.54, 1.807) is 0 Å². The third-order valence-corrected chi connectivity index (χ3v) is 21.7. The van der Waals surface area contributed by atoms with E-state index in [0.717, 1.165) is 18.9 Å². The molecule has 4 saturated carbocycles. The minimum atomic E-state index is -2.05. The van der Waals surface area contributed by atoms with E-state index >= 15 is 4.79 Å². The van der Waals surface area contributed by atoms with Gasteiger partial charge in [-0.1, -0.05) is 53.2 Å². The lowest BCUT2D eigenvalue weighted by atomic mass is 9.33. The maximum absolute atomic E-state index is 15.2. The van der Waals surface area contributed by atoms with Crippen LogP contribution in [0.15, 0.2) is 11.6 Å². The number of rotatable bonds is 11. The van der Waals surface area contributed by atoms with Gasteiger partial charge in [-0.2, -0.15) is 0 Å². The quantitative estimate of drug-likeness (QED) is 0.0640. The van der Waals surface area contributed by atoms with Crippen molar-refractivity contribution in [2.75, 3.05) is 19.8 Å². The molecule has 0 amide bonds. The van der Waals surface area contributed by atoms with Gasteiger partial charge in [0.05, 0.1) is 37.4 Å². The van der Waals surface area contributed by atoms with Crippen LogP contribution in [-0.4, -0.2) is 227 Å². The highest BCUT2D eigenvalue weighted by atomic mass is 16.8. The normalized spacial score (nSPS) is 53.5. The minimum absolute atomic E-state index is 0.0693. The van der Waals surface area contributed by atoms with E-state index in [0.29, 0.717) is 57.8 Å². The third kappa shape index (κ3) is 9.74. The molecule has 9 rings (SSSR count). The molecule has 78 heavy (non-hydrogen) atoms. The summed E-state index contributed by atoms with van der Waals surface area (Å²) in [6, 6.07) is 0. The van der Waals surface area contributed by atoms with E-state index in [1.807, 2.05) is 6.92 Å². The first-order chi connectivity index (χ1) is 36.4. The average molecular weight is 1120 g/mol. The number of ether oxygens (including phenoxy) is 8. The summed E-state index contributed by atoms with van der Waals surface area (Å²) in [7, 11) is 0. The molecule has 23 heteroatoms. The van der Waals surface area contributed by atoms with E-state index < -0.39 is 164 Å². The summed E-state index contributed by atoms with van der Waals surface area (Å²) in [4.78, 5) is 27.1. The molecule has 9 aliphatic rings. The molecule has 0 aromatic heterocycles. The number of hydrogen-bond acceptors (Lipinski definition) is 23. The molecule has 4 heterocycles. The van der Waals surface area contributed by atoms with Gasteiger partial charge >= 0.3 is 11.9 Å². The maximum atomic E-state index is 15.2. The van der Waals surface area contributed by atoms with Crippen molar-refractivity contribution < 1.29 is 114 Å². The second-order valence-electron chi connectivity index (χ2n) is 26.5. The van der Waals surface area contributed by atoms with E-state index in [2.05, 4.69) is 40.7 Å². The van der Waals surface area contributed by atoms with Crippen LogP contribution in [-0.2, 0) is 47.5 Å². The Morgan fingerprint density at radius 1 is 0.667 bits per heavy atom. The maximum Gasteiger partial charge on any atom is 0.315 e. The molecule has 8 fully saturated rings. The van der Waals surface area contributed by atoms with Crippen LogP contribution in [0, 0.1) is 50.2 Å². The molecule has 29 atom stereocenters. The number of allylic oxidation sites excluding steroid dienone is 2. The van der Waals surface area contributed by atoms with Crippen LogP contribution in [0.25, 0.3) is 0 Å². The number of esters is 2. The highest BCUT2D eigenvalue weighted by Crippen LogP contribution is 2.76. The van der Waals surface area contributed by atoms with Crippen LogP contribution < -0.4 is 0 Å². The SMILES string of the molecule is CC(=O)O[C@@H]1[C@@H](O)[C@H](C(O)[C@H]2O[C@@H](OC(=O)[C@]34CCC(C)(C)C[C@H]3C3=CC[C@@H]5[C@@]6(C)CC[C@H](O[C@@H]7OC[C@H](O)[C@H](O)[C@H]7O[C@@H]7O[C@@H](C)[C@H](O)[C@@H](O)[C@H]7O)[C@@](C)(CO)[C@@H]6CC[C@@]5(C)[C@]3(C)CC4)[C@H](O)[C@@H](O)[C@@H]2O)O[C@H](CO)[C@H]1O. The van der Waals surface area contributed by atoms with Gasteiger partial charge in [-0.25, -0.2) is 0 Å². The third-order valence-electron chi connectivity index (χ3n) is 21.7. The van der Waals surface area contributed by atoms with E-state index in [4.69, 9.17) is 37.9 Å². The molecule has 4 aliphatic heterocycles. The van der Waals surface area contributed by atoms with Crippen LogP contribution in [0.5, 0.6) is 0 Å². The van der Waals surface area contributed by atoms with Gasteiger partial charge in [-0.15, -0.1) is 0 Å². The lowest BCUT2D eigenvalue weighted by Gasteiger charge is -2.71. The predicted molar refractivity (Wildman–Crippen MR) is 266 cm³/mol. The Balaban J connectivity index is 0.949. The monoisotopic (exact) mass is 1120 g/mol. The van der Waals surface area contributed by atoms with Gasteiger partial charge in [0.2, 0.25) is 6.29 Å². The fourth-order valence-corrected chi connectivity index (χ4v) is 16.7. The standard InChI is InChI=1S/C55H88O23/c1-23-32(60)35(63)38(66)46(72-23)77-45-33(61)27(59)21-71-48(45)75-31-12-13-51(5)29(52(31,6)22-57)11-14-54(8)30(51)10-9-25-26-19-50(3,4)15-17-55(26,18-16-53(25,54)7)49(70)78-47-39(67)36(64)37(65)43(76-47)41(69)44-40(68)42(73-24(2)58)34(62)28(20-56)74-44/h9,23,26-48,56-57,59-69H,10-22H2,1-8H3/t23-,26-,27-,28+,29+,30+,31-,32-,33-,34+,35+,36-,37-,38+,39+,40+,41?,42-,43-,44+,45+,46-,47-,48-,51-,52-,53+,54+,55-/m0/s1. The summed E-state index contributed by atoms with van der Waals surface area (Å²) in [5, 5.41) is 142.